The predicted octanol–water partition coefficient (Wildman–Crippen LogP) is 6.34. The number of hydrogen-bond donors (Lipinski definition) is 3. The lowest BCUT2D eigenvalue weighted by Gasteiger charge is -2.34. The molecule has 1 unspecified atom stereocenters. The Balaban J connectivity index is 0.951. The Bertz CT molecular complexity index is 2620. The molecule has 0 radical (unpaired) electrons. The topological polar surface area (TPSA) is 154 Å². The highest BCUT2D eigenvalue weighted by Crippen LogP contribution is 2.41. The Morgan fingerprint density at radius 3 is 1.64 bits per heavy atom. The molecule has 6 amide bonds. The molecule has 4 aliphatic heterocycles. The number of quaternary nitrogens is 2. The van der Waals surface area contributed by atoms with Crippen molar-refractivity contribution in [2.45, 2.75) is 37.3 Å². The molecule has 4 aromatic rings. The molecule has 0 saturated carbocycles. The van der Waals surface area contributed by atoms with E-state index in [9.17, 15) is 56.0 Å². The van der Waals surface area contributed by atoms with Crippen LogP contribution in [-0.4, -0.2) is 86.6 Å². The summed E-state index contributed by atoms with van der Waals surface area (Å²) in [5.41, 5.74) is 0.712. The van der Waals surface area contributed by atoms with E-state index in [4.69, 9.17) is 0 Å². The lowest BCUT2D eigenvalue weighted by molar-refractivity contribution is -0.895. The van der Waals surface area contributed by atoms with Gasteiger partial charge in [-0.2, -0.15) is 36.9 Å². The molecule has 3 N–H and O–H groups in total. The molecule has 67 heavy (non-hydrogen) atoms. The third kappa shape index (κ3) is 9.20. The van der Waals surface area contributed by atoms with E-state index in [1.807, 2.05) is 26.2 Å². The molecule has 0 spiro atoms. The maximum absolute atomic E-state index is 14.3. The second-order valence-electron chi connectivity index (χ2n) is 17.4. The Morgan fingerprint density at radius 1 is 0.672 bits per heavy atom. The Labute approximate surface area is 380 Å². The Morgan fingerprint density at radius 2 is 1.15 bits per heavy atom. The highest BCUT2D eigenvalue weighted by Gasteiger charge is 2.49. The summed E-state index contributed by atoms with van der Waals surface area (Å²) in [6.45, 7) is 1.68. The summed E-state index contributed by atoms with van der Waals surface area (Å²) in [6.07, 6.45) is -8.35. The van der Waals surface area contributed by atoms with Gasteiger partial charge in [-0.3, -0.25) is 19.5 Å². The number of halogens is 6. The number of nitrogens with zero attached hydrogens (tertiary/aromatic N) is 6. The smallest absolute Gasteiger partial charge is 0.333 e. The van der Waals surface area contributed by atoms with Crippen LogP contribution in [0.3, 0.4) is 0 Å². The van der Waals surface area contributed by atoms with E-state index in [0.717, 1.165) is 34.1 Å². The number of nitrogens with one attached hydrogen (secondary N) is 3. The van der Waals surface area contributed by atoms with E-state index in [-0.39, 0.29) is 59.5 Å². The minimum atomic E-state index is -4.68. The van der Waals surface area contributed by atoms with Crippen LogP contribution in [-0.2, 0) is 21.9 Å². The number of rotatable bonds is 12. The average molecular weight is 924 g/mol. The number of benzene rings is 4. The third-order valence-corrected chi connectivity index (χ3v) is 12.5. The molecule has 4 aromatic carbocycles. The lowest BCUT2D eigenvalue weighted by Crippen LogP contribution is -3.13. The molecule has 344 valence electrons. The van der Waals surface area contributed by atoms with E-state index in [1.54, 1.807) is 53.4 Å². The molecule has 0 fully saturated rings. The van der Waals surface area contributed by atoms with Crippen molar-refractivity contribution in [3.63, 3.8) is 0 Å². The molecule has 4 heterocycles. The van der Waals surface area contributed by atoms with Crippen molar-refractivity contribution in [1.29, 1.82) is 10.5 Å². The van der Waals surface area contributed by atoms with Crippen LogP contribution in [0.15, 0.2) is 120 Å². The van der Waals surface area contributed by atoms with Crippen molar-refractivity contribution in [2.24, 2.45) is 0 Å². The molecule has 19 heteroatoms. The number of carbonyl (C=O) groups excluding carboxylic acids is 4. The fourth-order valence-electron chi connectivity index (χ4n) is 9.17. The summed E-state index contributed by atoms with van der Waals surface area (Å²) >= 11 is 0. The van der Waals surface area contributed by atoms with Crippen LogP contribution in [0.4, 0.5) is 47.3 Å². The number of amides is 6. The van der Waals surface area contributed by atoms with Crippen LogP contribution in [0.2, 0.25) is 0 Å². The minimum absolute atomic E-state index is 0.0329. The third-order valence-electron chi connectivity index (χ3n) is 12.5. The summed E-state index contributed by atoms with van der Waals surface area (Å²) in [5.74, 6) is -0.715. The summed E-state index contributed by atoms with van der Waals surface area (Å²) in [7, 11) is 3.97. The first-order valence-electron chi connectivity index (χ1n) is 21.3. The normalized spacial score (nSPS) is 19.9. The first kappa shape index (κ1) is 46.1. The second kappa shape index (κ2) is 17.7. The van der Waals surface area contributed by atoms with Crippen LogP contribution in [0.5, 0.6) is 0 Å². The monoisotopic (exact) mass is 923 g/mol. The standard InChI is InChI=1S/C48H41F6N9O4/c1-63(2,21-5-19-59-27-37-39(43(59)64)41(31-15-11-29(25-55)12-16-31)57-45(66)61(37)35-9-3-7-33(23-35)47(49,50)51)22-6-20-60-28-38-40(44(60)65)42(32-17-13-30(26-56)14-18-32)58-46(67)62(38)36-10-4-8-34(24-36)48(52,53)54/h3-4,7-18,23-24,41-42H,5-6,19-22,27-28H2,1-2H3,(H-,57,58,66,67)/p+2/t41-,42-/m1/s1. The minimum Gasteiger partial charge on any atom is -0.333 e. The number of hydrogen-bond acceptors (Lipinski definition) is 6. The van der Waals surface area contributed by atoms with Crippen molar-refractivity contribution in [3.05, 3.63) is 153 Å². The fourth-order valence-corrected chi connectivity index (χ4v) is 9.17. The fraction of sp³-hybridized carbons (Fsp3) is 0.292. The van der Waals surface area contributed by atoms with Crippen LogP contribution in [0.25, 0.3) is 0 Å². The molecule has 0 saturated heterocycles. The van der Waals surface area contributed by atoms with Crippen LogP contribution >= 0.6 is 0 Å². The SMILES string of the molecule is C[N+](C)(CCCN1CC2=C(C1=O)[C@@H](c1ccc(C#N)cc1)NC(=O)N2c1cccc(C(F)(F)F)c1)CCC[NH+]1CC2=C(C1=O)[C@@H](c1ccc(C#N)cc1)NC(=O)N2c1cccc(C(F)(F)F)c1. The summed E-state index contributed by atoms with van der Waals surface area (Å²) < 4.78 is 83.1. The van der Waals surface area contributed by atoms with Crippen molar-refractivity contribution in [1.82, 2.24) is 15.5 Å². The van der Waals surface area contributed by atoms with Crippen molar-refractivity contribution >= 4 is 35.3 Å². The first-order valence-corrected chi connectivity index (χ1v) is 21.3. The van der Waals surface area contributed by atoms with Gasteiger partial charge < -0.3 is 20.0 Å². The maximum Gasteiger partial charge on any atom is 0.416 e. The second-order valence-corrected chi connectivity index (χ2v) is 17.4. The predicted molar refractivity (Wildman–Crippen MR) is 230 cm³/mol. The Kier molecular flexibility index (Phi) is 12.2. The summed E-state index contributed by atoms with van der Waals surface area (Å²) in [6, 6.07) is 22.1. The van der Waals surface area contributed by atoms with Gasteiger partial charge in [0.2, 0.25) is 0 Å². The van der Waals surface area contributed by atoms with E-state index in [0.29, 0.717) is 64.1 Å². The van der Waals surface area contributed by atoms with Gasteiger partial charge in [-0.05, 0) is 71.8 Å². The van der Waals surface area contributed by atoms with E-state index >= 15 is 0 Å². The summed E-state index contributed by atoms with van der Waals surface area (Å²) in [5, 5.41) is 24.3. The molecule has 13 nitrogen and oxygen atoms in total. The van der Waals surface area contributed by atoms with Crippen LogP contribution in [0, 0.1) is 22.7 Å². The molecule has 4 aliphatic rings. The molecular formula is C48H43F6N9O4+2. The van der Waals surface area contributed by atoms with Crippen molar-refractivity contribution in [3.8, 4) is 12.1 Å². The highest BCUT2D eigenvalue weighted by atomic mass is 19.4. The van der Waals surface area contributed by atoms with Gasteiger partial charge in [-0.1, -0.05) is 36.4 Å². The number of anilines is 2. The van der Waals surface area contributed by atoms with E-state index < -0.39 is 53.5 Å². The van der Waals surface area contributed by atoms with Crippen molar-refractivity contribution < 1.29 is 54.9 Å². The first-order chi connectivity index (χ1) is 31.8. The molecular weight excluding hydrogens is 881 g/mol. The molecule has 0 bridgehead atoms. The van der Waals surface area contributed by atoms with Gasteiger partial charge in [-0.25, -0.2) is 14.4 Å². The molecule has 3 atom stereocenters. The average Bonchev–Trinajstić information content (AvgIpc) is 3.79. The summed E-state index contributed by atoms with van der Waals surface area (Å²) in [4.78, 5) is 60.2. The zero-order valence-corrected chi connectivity index (χ0v) is 36.1. The molecule has 8 rings (SSSR count). The maximum atomic E-state index is 14.3. The van der Waals surface area contributed by atoms with Gasteiger partial charge in [0.1, 0.15) is 12.1 Å². The highest BCUT2D eigenvalue weighted by molar-refractivity contribution is 6.07. The van der Waals surface area contributed by atoms with Crippen LogP contribution in [0.1, 0.15) is 58.3 Å². The largest absolute Gasteiger partial charge is 0.416 e. The van der Waals surface area contributed by atoms with E-state index in [2.05, 4.69) is 10.6 Å². The zero-order valence-electron chi connectivity index (χ0n) is 36.1. The lowest BCUT2D eigenvalue weighted by atomic mass is 9.94. The van der Waals surface area contributed by atoms with Gasteiger partial charge in [0.05, 0.1) is 115 Å². The van der Waals surface area contributed by atoms with Crippen LogP contribution < -0.4 is 25.3 Å². The zero-order chi connectivity index (χ0) is 48.0. The number of alkyl halides is 6. The van der Waals surface area contributed by atoms with Gasteiger partial charge in [0.15, 0.2) is 0 Å². The number of urea groups is 2. The molecule has 0 aromatic heterocycles. The van der Waals surface area contributed by atoms with Gasteiger partial charge in [0.25, 0.3) is 5.91 Å². The quantitative estimate of drug-likeness (QED) is 0.111. The van der Waals surface area contributed by atoms with E-state index in [1.165, 1.54) is 24.3 Å². The van der Waals surface area contributed by atoms with Gasteiger partial charge >= 0.3 is 30.3 Å². The number of nitriles is 2. The van der Waals surface area contributed by atoms with Crippen molar-refractivity contribution in [2.75, 3.05) is 63.2 Å². The number of carbonyl (C=O) groups is 4. The van der Waals surface area contributed by atoms with Gasteiger partial charge in [0, 0.05) is 19.4 Å². The molecule has 0 aliphatic carbocycles. The Hall–Kier alpha value is -7.48. The van der Waals surface area contributed by atoms with Gasteiger partial charge in [-0.15, -0.1) is 0 Å².